The molecule has 1 atom stereocenters. The van der Waals surface area contributed by atoms with Gasteiger partial charge in [-0.1, -0.05) is 24.3 Å². The molecule has 0 aliphatic carbocycles. The Kier molecular flexibility index (Phi) is 11.2. The number of amides is 3. The molecule has 2 aromatic carbocycles. The van der Waals surface area contributed by atoms with Crippen molar-refractivity contribution in [3.63, 3.8) is 0 Å². The number of benzene rings is 2. The summed E-state index contributed by atoms with van der Waals surface area (Å²) in [6.45, 7) is 1.74. The van der Waals surface area contributed by atoms with Gasteiger partial charge in [-0.25, -0.2) is 0 Å². The second-order valence-corrected chi connectivity index (χ2v) is 13.2. The number of nitrogens with zero attached hydrogens (tertiary/aromatic N) is 4. The highest BCUT2D eigenvalue weighted by Gasteiger charge is 2.31. The van der Waals surface area contributed by atoms with Gasteiger partial charge in [-0.15, -0.1) is 0 Å². The molecule has 0 spiro atoms. The molecule has 3 amide bonds. The maximum absolute atomic E-state index is 13.3. The van der Waals surface area contributed by atoms with Crippen LogP contribution in [0.5, 0.6) is 11.5 Å². The molecule has 4 heterocycles. The van der Waals surface area contributed by atoms with Crippen molar-refractivity contribution in [1.82, 2.24) is 19.4 Å². The van der Waals surface area contributed by atoms with Gasteiger partial charge in [0, 0.05) is 76.8 Å². The van der Waals surface area contributed by atoms with Crippen molar-refractivity contribution in [1.29, 1.82) is 0 Å². The largest absolute Gasteiger partial charge is 0.493 e. The fourth-order valence-corrected chi connectivity index (χ4v) is 6.65. The summed E-state index contributed by atoms with van der Waals surface area (Å²) in [4.78, 5) is 58.2. The van der Waals surface area contributed by atoms with Crippen LogP contribution in [0.15, 0.2) is 65.9 Å². The number of nitrogens with two attached hydrogens (primary N) is 1. The number of piperidine rings is 1. The van der Waals surface area contributed by atoms with E-state index in [1.165, 1.54) is 7.11 Å². The molecule has 2 aromatic heterocycles. The molecule has 0 unspecified atom stereocenters. The molecule has 0 saturated carbocycles. The fourth-order valence-electron chi connectivity index (χ4n) is 6.65. The summed E-state index contributed by atoms with van der Waals surface area (Å²) in [7, 11) is 5.12. The number of aromatic nitrogens is 2. The predicted octanol–water partition coefficient (Wildman–Crippen LogP) is 4.66. The minimum atomic E-state index is -0.203. The van der Waals surface area contributed by atoms with E-state index in [1.54, 1.807) is 40.6 Å². The number of hydrogen-bond donors (Lipinski definition) is 3. The van der Waals surface area contributed by atoms with Crippen LogP contribution in [0.4, 0.5) is 11.4 Å². The van der Waals surface area contributed by atoms with E-state index in [2.05, 4.69) is 15.6 Å². The standard InChI is InChI=1S/C39H45N7O6/c1-44-23-27(18-33(44)38(49)41-14-13-40)26-11-9-25(10-12-26)17-34(47)32-19-28(24-45(32)2)43-37(48)8-6-16-52-36-21-31-30(20-35(36)51-3)39(50)46-15-5-4-7-29(46)22-42-31/h9-12,18-24,29H,4-8,13-17,40H2,1-3H3,(H,41,49)(H,43,48)/t29-/m0/s1. The lowest BCUT2D eigenvalue weighted by Crippen LogP contribution is -2.43. The molecule has 52 heavy (non-hydrogen) atoms. The van der Waals surface area contributed by atoms with Gasteiger partial charge >= 0.3 is 0 Å². The summed E-state index contributed by atoms with van der Waals surface area (Å²) in [5.74, 6) is 0.381. The van der Waals surface area contributed by atoms with Gasteiger partial charge in [0.15, 0.2) is 17.3 Å². The minimum absolute atomic E-state index is 0.000804. The highest BCUT2D eigenvalue weighted by molar-refractivity contribution is 6.03. The number of anilines is 1. The van der Waals surface area contributed by atoms with Gasteiger partial charge in [-0.2, -0.15) is 0 Å². The number of ketones is 1. The van der Waals surface area contributed by atoms with E-state index >= 15 is 0 Å². The molecular weight excluding hydrogens is 662 g/mol. The molecule has 1 fully saturated rings. The number of ether oxygens (including phenoxy) is 2. The van der Waals surface area contributed by atoms with Gasteiger partial charge < -0.3 is 39.9 Å². The highest BCUT2D eigenvalue weighted by atomic mass is 16.5. The van der Waals surface area contributed by atoms with Crippen LogP contribution >= 0.6 is 0 Å². The van der Waals surface area contributed by atoms with E-state index in [9.17, 15) is 19.2 Å². The SMILES string of the molecule is COc1cc2c(cc1OCCCC(=O)Nc1cc(C(=O)Cc3ccc(-c4cc(C(=O)NCCN)n(C)c4)cc3)n(C)c1)N=C[C@@H]1CCCCN1C2=O. The Morgan fingerprint density at radius 2 is 1.75 bits per heavy atom. The minimum Gasteiger partial charge on any atom is -0.493 e. The van der Waals surface area contributed by atoms with Gasteiger partial charge in [-0.05, 0) is 55.0 Å². The number of carbonyl (C=O) groups excluding carboxylic acids is 4. The molecule has 0 radical (unpaired) electrons. The van der Waals surface area contributed by atoms with Crippen molar-refractivity contribution in [3.8, 4) is 22.6 Å². The maximum atomic E-state index is 13.3. The van der Waals surface area contributed by atoms with E-state index in [1.807, 2.05) is 54.7 Å². The monoisotopic (exact) mass is 707 g/mol. The smallest absolute Gasteiger partial charge is 0.267 e. The third kappa shape index (κ3) is 8.10. The van der Waals surface area contributed by atoms with Crippen LogP contribution in [0.25, 0.3) is 11.1 Å². The predicted molar refractivity (Wildman–Crippen MR) is 199 cm³/mol. The molecule has 13 heteroatoms. The van der Waals surface area contributed by atoms with Crippen LogP contribution < -0.4 is 25.8 Å². The third-order valence-electron chi connectivity index (χ3n) is 9.41. The van der Waals surface area contributed by atoms with Crippen LogP contribution in [-0.4, -0.2) is 83.1 Å². The van der Waals surface area contributed by atoms with Crippen molar-refractivity contribution < 1.29 is 28.7 Å². The summed E-state index contributed by atoms with van der Waals surface area (Å²) in [6.07, 6.45) is 9.23. The Bertz CT molecular complexity index is 1990. The van der Waals surface area contributed by atoms with Gasteiger partial charge in [0.25, 0.3) is 11.8 Å². The second-order valence-electron chi connectivity index (χ2n) is 13.2. The van der Waals surface area contributed by atoms with Crippen LogP contribution in [0.1, 0.15) is 69.0 Å². The molecule has 1 saturated heterocycles. The molecule has 2 aliphatic heterocycles. The average molecular weight is 708 g/mol. The maximum Gasteiger partial charge on any atom is 0.267 e. The Morgan fingerprint density at radius 1 is 0.962 bits per heavy atom. The summed E-state index contributed by atoms with van der Waals surface area (Å²) < 4.78 is 15.0. The first-order valence-electron chi connectivity index (χ1n) is 17.6. The number of methoxy groups -OCH3 is 1. The number of nitrogens with one attached hydrogen (secondary N) is 2. The third-order valence-corrected chi connectivity index (χ3v) is 9.41. The van der Waals surface area contributed by atoms with Crippen LogP contribution in [-0.2, 0) is 25.3 Å². The van der Waals surface area contributed by atoms with Gasteiger partial charge in [0.05, 0.1) is 42.4 Å². The fraction of sp³-hybridized carbons (Fsp3) is 0.359. The van der Waals surface area contributed by atoms with Gasteiger partial charge in [0.2, 0.25) is 5.91 Å². The number of rotatable bonds is 14. The number of carbonyl (C=O) groups is 4. The van der Waals surface area contributed by atoms with Gasteiger partial charge in [0.1, 0.15) is 5.69 Å². The van der Waals surface area contributed by atoms with Crippen molar-refractivity contribution in [2.45, 2.75) is 44.6 Å². The topological polar surface area (TPSA) is 162 Å². The lowest BCUT2D eigenvalue weighted by atomic mass is 10.0. The lowest BCUT2D eigenvalue weighted by Gasteiger charge is -2.32. The zero-order valence-corrected chi connectivity index (χ0v) is 29.8. The van der Waals surface area contributed by atoms with Crippen LogP contribution in [0.3, 0.4) is 0 Å². The molecule has 6 rings (SSSR count). The zero-order chi connectivity index (χ0) is 36.8. The van der Waals surface area contributed by atoms with Crippen molar-refractivity contribution >= 4 is 41.1 Å². The first-order valence-corrected chi connectivity index (χ1v) is 17.6. The summed E-state index contributed by atoms with van der Waals surface area (Å²) in [5.41, 5.74) is 10.8. The molecule has 272 valence electrons. The molecule has 0 bridgehead atoms. The van der Waals surface area contributed by atoms with Crippen molar-refractivity contribution in [3.05, 3.63) is 83.4 Å². The molecule has 13 nitrogen and oxygen atoms in total. The number of Topliss-reactive ketones (excluding diaryl/α,β-unsaturated/α-hetero) is 1. The van der Waals surface area contributed by atoms with Crippen molar-refractivity contribution in [2.75, 3.05) is 38.7 Å². The Hall–Kier alpha value is -5.69. The Morgan fingerprint density at radius 3 is 2.52 bits per heavy atom. The van der Waals surface area contributed by atoms with Crippen molar-refractivity contribution in [2.24, 2.45) is 24.8 Å². The number of fused-ring (bicyclic) bond motifs is 2. The normalized spacial score (nSPS) is 15.0. The quantitative estimate of drug-likeness (QED) is 0.127. The molecule has 2 aliphatic rings. The summed E-state index contributed by atoms with van der Waals surface area (Å²) in [5, 5.41) is 5.67. The van der Waals surface area contributed by atoms with E-state index in [0.717, 1.165) is 36.0 Å². The molecule has 4 aromatic rings. The van der Waals surface area contributed by atoms with Crippen LogP contribution in [0.2, 0.25) is 0 Å². The zero-order valence-electron chi connectivity index (χ0n) is 29.8. The van der Waals surface area contributed by atoms with E-state index in [-0.39, 0.29) is 49.0 Å². The number of aryl methyl sites for hydroxylation is 2. The molecular formula is C39H45N7O6. The van der Waals surface area contributed by atoms with E-state index in [0.29, 0.717) is 65.9 Å². The Labute approximate surface area is 302 Å². The molecule has 4 N–H and O–H groups in total. The number of aliphatic imine (C=N–C) groups is 1. The number of hydrogen-bond acceptors (Lipinski definition) is 8. The first kappa shape index (κ1) is 36.1. The van der Waals surface area contributed by atoms with E-state index in [4.69, 9.17) is 15.2 Å². The highest BCUT2D eigenvalue weighted by Crippen LogP contribution is 2.38. The second kappa shape index (κ2) is 16.1. The van der Waals surface area contributed by atoms with E-state index < -0.39 is 0 Å². The van der Waals surface area contributed by atoms with Gasteiger partial charge in [-0.3, -0.25) is 24.2 Å². The first-order chi connectivity index (χ1) is 25.1. The summed E-state index contributed by atoms with van der Waals surface area (Å²) in [6, 6.07) is 14.6. The lowest BCUT2D eigenvalue weighted by molar-refractivity contribution is -0.116. The Balaban J connectivity index is 0.996. The van der Waals surface area contributed by atoms with Crippen LogP contribution in [0, 0.1) is 0 Å². The average Bonchev–Trinajstić information content (AvgIpc) is 3.68. The summed E-state index contributed by atoms with van der Waals surface area (Å²) >= 11 is 0.